The summed E-state index contributed by atoms with van der Waals surface area (Å²) in [6.07, 6.45) is 2.07. The summed E-state index contributed by atoms with van der Waals surface area (Å²) in [5.74, 6) is -0.0275. The van der Waals surface area contributed by atoms with Crippen molar-refractivity contribution in [1.29, 1.82) is 0 Å². The predicted octanol–water partition coefficient (Wildman–Crippen LogP) is 3.16. The molecular formula is C15H22O3S. The van der Waals surface area contributed by atoms with Crippen molar-refractivity contribution in [3.05, 3.63) is 29.8 Å². The van der Waals surface area contributed by atoms with Gasteiger partial charge in [-0.3, -0.25) is 4.79 Å². The summed E-state index contributed by atoms with van der Waals surface area (Å²) in [5, 5.41) is 0. The molecule has 106 valence electrons. The van der Waals surface area contributed by atoms with E-state index in [9.17, 15) is 13.2 Å². The number of ketones is 1. The topological polar surface area (TPSA) is 51.2 Å². The van der Waals surface area contributed by atoms with E-state index in [0.29, 0.717) is 17.9 Å². The molecule has 0 heterocycles. The van der Waals surface area contributed by atoms with E-state index in [1.807, 2.05) is 0 Å². The number of hydrogen-bond donors (Lipinski definition) is 0. The van der Waals surface area contributed by atoms with Crippen LogP contribution in [0.5, 0.6) is 0 Å². The van der Waals surface area contributed by atoms with Gasteiger partial charge in [0.05, 0.1) is 4.90 Å². The van der Waals surface area contributed by atoms with Gasteiger partial charge in [-0.25, -0.2) is 8.42 Å². The Bertz CT molecular complexity index is 530. The standard InChI is InChI=1S/C15H22O3S/c1-12(2)7-6-9-14(16)11-19(17,18)15-10-5-4-8-13(15)3/h4-5,8,10,12H,6-7,9,11H2,1-3H3. The fourth-order valence-corrected chi connectivity index (χ4v) is 3.54. The molecule has 0 atom stereocenters. The van der Waals surface area contributed by atoms with Crippen molar-refractivity contribution in [1.82, 2.24) is 0 Å². The lowest BCUT2D eigenvalue weighted by Gasteiger charge is -2.07. The van der Waals surface area contributed by atoms with Crippen molar-refractivity contribution in [2.45, 2.75) is 44.9 Å². The summed E-state index contributed by atoms with van der Waals surface area (Å²) in [4.78, 5) is 12.0. The summed E-state index contributed by atoms with van der Waals surface area (Å²) in [7, 11) is -3.49. The molecule has 0 bridgehead atoms. The summed E-state index contributed by atoms with van der Waals surface area (Å²) >= 11 is 0. The second-order valence-corrected chi connectivity index (χ2v) is 7.31. The molecular weight excluding hydrogens is 260 g/mol. The van der Waals surface area contributed by atoms with Crippen molar-refractivity contribution in [3.63, 3.8) is 0 Å². The quantitative estimate of drug-likeness (QED) is 0.772. The molecule has 0 aliphatic rings. The largest absolute Gasteiger partial charge is 0.299 e. The van der Waals surface area contributed by atoms with E-state index in [4.69, 9.17) is 0 Å². The summed E-state index contributed by atoms with van der Waals surface area (Å²) in [6.45, 7) is 5.93. The number of rotatable bonds is 7. The van der Waals surface area contributed by atoms with Gasteiger partial charge in [0.25, 0.3) is 0 Å². The zero-order chi connectivity index (χ0) is 14.5. The van der Waals surface area contributed by atoms with Gasteiger partial charge in [-0.15, -0.1) is 0 Å². The Morgan fingerprint density at radius 1 is 1.21 bits per heavy atom. The van der Waals surface area contributed by atoms with E-state index >= 15 is 0 Å². The summed E-state index contributed by atoms with van der Waals surface area (Å²) in [6, 6.07) is 6.78. The van der Waals surface area contributed by atoms with Gasteiger partial charge in [-0.05, 0) is 30.9 Å². The van der Waals surface area contributed by atoms with E-state index in [0.717, 1.165) is 12.8 Å². The maximum Gasteiger partial charge on any atom is 0.185 e. The van der Waals surface area contributed by atoms with Crippen LogP contribution in [0.25, 0.3) is 0 Å². The lowest BCUT2D eigenvalue weighted by atomic mass is 10.1. The molecule has 3 nitrogen and oxygen atoms in total. The lowest BCUT2D eigenvalue weighted by Crippen LogP contribution is -2.17. The molecule has 0 N–H and O–H groups in total. The number of benzene rings is 1. The van der Waals surface area contributed by atoms with E-state index < -0.39 is 9.84 Å². The minimum atomic E-state index is -3.49. The highest BCUT2D eigenvalue weighted by molar-refractivity contribution is 7.92. The van der Waals surface area contributed by atoms with Gasteiger partial charge < -0.3 is 0 Å². The van der Waals surface area contributed by atoms with Crippen LogP contribution in [0, 0.1) is 12.8 Å². The average Bonchev–Trinajstić information content (AvgIpc) is 2.27. The van der Waals surface area contributed by atoms with Crippen LogP contribution in [0.4, 0.5) is 0 Å². The molecule has 19 heavy (non-hydrogen) atoms. The van der Waals surface area contributed by atoms with E-state index in [1.165, 1.54) is 0 Å². The van der Waals surface area contributed by atoms with Crippen LogP contribution in [0.2, 0.25) is 0 Å². The molecule has 1 aromatic rings. The van der Waals surface area contributed by atoms with Crippen LogP contribution in [0.1, 0.15) is 38.7 Å². The smallest absolute Gasteiger partial charge is 0.185 e. The highest BCUT2D eigenvalue weighted by Gasteiger charge is 2.20. The Morgan fingerprint density at radius 3 is 2.42 bits per heavy atom. The first kappa shape index (κ1) is 15.9. The maximum absolute atomic E-state index is 12.1. The fraction of sp³-hybridized carbons (Fsp3) is 0.533. The number of aryl methyl sites for hydroxylation is 1. The van der Waals surface area contributed by atoms with E-state index in [1.54, 1.807) is 31.2 Å². The molecule has 4 heteroatoms. The number of hydrogen-bond acceptors (Lipinski definition) is 3. The molecule has 0 fully saturated rings. The van der Waals surface area contributed by atoms with Crippen LogP contribution >= 0.6 is 0 Å². The summed E-state index contributed by atoms with van der Waals surface area (Å²) in [5.41, 5.74) is 0.692. The highest BCUT2D eigenvalue weighted by atomic mass is 32.2. The predicted molar refractivity (Wildman–Crippen MR) is 76.9 cm³/mol. The second-order valence-electron chi connectivity index (χ2n) is 5.35. The Labute approximate surface area is 116 Å². The minimum Gasteiger partial charge on any atom is -0.299 e. The van der Waals surface area contributed by atoms with Crippen LogP contribution in [0.15, 0.2) is 29.2 Å². The van der Waals surface area contributed by atoms with Crippen molar-refractivity contribution in [2.75, 3.05) is 5.75 Å². The molecule has 1 rings (SSSR count). The Morgan fingerprint density at radius 2 is 1.84 bits per heavy atom. The van der Waals surface area contributed by atoms with Gasteiger partial charge in [-0.1, -0.05) is 38.5 Å². The van der Waals surface area contributed by atoms with Crippen LogP contribution in [-0.2, 0) is 14.6 Å². The molecule has 0 aliphatic heterocycles. The van der Waals surface area contributed by atoms with Gasteiger partial charge in [0, 0.05) is 6.42 Å². The van der Waals surface area contributed by atoms with Gasteiger partial charge in [-0.2, -0.15) is 0 Å². The molecule has 0 spiro atoms. The number of carbonyl (C=O) groups is 1. The van der Waals surface area contributed by atoms with Crippen LogP contribution < -0.4 is 0 Å². The van der Waals surface area contributed by atoms with E-state index in [2.05, 4.69) is 13.8 Å². The molecule has 1 aromatic carbocycles. The van der Waals surface area contributed by atoms with Crippen molar-refractivity contribution in [3.8, 4) is 0 Å². The number of carbonyl (C=O) groups excluding carboxylic acids is 1. The van der Waals surface area contributed by atoms with Crippen molar-refractivity contribution < 1.29 is 13.2 Å². The Balaban J connectivity index is 2.65. The normalized spacial score (nSPS) is 11.8. The molecule has 0 amide bonds. The lowest BCUT2D eigenvalue weighted by molar-refractivity contribution is -0.116. The Hall–Kier alpha value is -1.16. The molecule has 0 aliphatic carbocycles. The van der Waals surface area contributed by atoms with E-state index in [-0.39, 0.29) is 16.4 Å². The third-order valence-corrected chi connectivity index (χ3v) is 4.85. The molecule has 0 unspecified atom stereocenters. The first-order valence-corrected chi connectivity index (χ1v) is 8.28. The number of sulfone groups is 1. The van der Waals surface area contributed by atoms with Crippen LogP contribution in [-0.4, -0.2) is 20.0 Å². The monoisotopic (exact) mass is 282 g/mol. The third-order valence-electron chi connectivity index (χ3n) is 3.02. The molecule has 0 saturated carbocycles. The van der Waals surface area contributed by atoms with Gasteiger partial charge in [0.15, 0.2) is 9.84 Å². The van der Waals surface area contributed by atoms with Crippen LogP contribution in [0.3, 0.4) is 0 Å². The van der Waals surface area contributed by atoms with Gasteiger partial charge in [0.1, 0.15) is 11.5 Å². The fourth-order valence-electron chi connectivity index (χ4n) is 1.97. The highest BCUT2D eigenvalue weighted by Crippen LogP contribution is 2.17. The first-order valence-electron chi connectivity index (χ1n) is 6.63. The second kappa shape index (κ2) is 6.85. The SMILES string of the molecule is Cc1ccccc1S(=O)(=O)CC(=O)CCCC(C)C. The van der Waals surface area contributed by atoms with Crippen molar-refractivity contribution >= 4 is 15.6 Å². The average molecular weight is 282 g/mol. The summed E-state index contributed by atoms with van der Waals surface area (Å²) < 4.78 is 24.3. The Kier molecular flexibility index (Phi) is 5.73. The maximum atomic E-state index is 12.1. The molecule has 0 radical (unpaired) electrons. The molecule has 0 saturated heterocycles. The minimum absolute atomic E-state index is 0.191. The number of Topliss-reactive ketones (excluding diaryl/α,β-unsaturated/α-hetero) is 1. The molecule has 0 aromatic heterocycles. The van der Waals surface area contributed by atoms with Crippen molar-refractivity contribution in [2.24, 2.45) is 5.92 Å². The first-order chi connectivity index (χ1) is 8.83. The zero-order valence-electron chi connectivity index (χ0n) is 11.8. The zero-order valence-corrected chi connectivity index (χ0v) is 12.7. The third kappa shape index (κ3) is 5.15. The van der Waals surface area contributed by atoms with Gasteiger partial charge >= 0.3 is 0 Å². The van der Waals surface area contributed by atoms with Gasteiger partial charge in [0.2, 0.25) is 0 Å².